The molecule has 0 aromatic carbocycles. The minimum atomic E-state index is -1.84. The second kappa shape index (κ2) is 5.39. The molecule has 5 heteroatoms. The van der Waals surface area contributed by atoms with Crippen molar-refractivity contribution in [1.82, 2.24) is 10.6 Å². The van der Waals surface area contributed by atoms with Crippen LogP contribution in [-0.4, -0.2) is 62.7 Å². The standard InChI is InChI=1S/C11H28N2S2.BrH/c1-15(2,3,4)11-9-13-7-5-6-12-8-10-14-15;/h12-13H,5-11H2,1-4H3;1H. The van der Waals surface area contributed by atoms with Gasteiger partial charge in [0.2, 0.25) is 0 Å². The molecule has 0 unspecified atom stereocenters. The van der Waals surface area contributed by atoms with Crippen LogP contribution in [0.2, 0.25) is 0 Å². The first-order valence-electron chi connectivity index (χ1n) is 5.79. The molecule has 0 amide bonds. The van der Waals surface area contributed by atoms with Crippen LogP contribution in [0.15, 0.2) is 0 Å². The lowest BCUT2D eigenvalue weighted by atomic mass is 10.4. The maximum absolute atomic E-state index is 3.56. The predicted octanol–water partition coefficient (Wildman–Crippen LogP) is 2.19. The lowest BCUT2D eigenvalue weighted by molar-refractivity contribution is 0.623. The summed E-state index contributed by atoms with van der Waals surface area (Å²) in [5.41, 5.74) is 0. The number of nitrogens with one attached hydrogen (secondary N) is 2. The quantitative estimate of drug-likeness (QED) is 0.665. The van der Waals surface area contributed by atoms with Crippen LogP contribution in [0.25, 0.3) is 0 Å². The van der Waals surface area contributed by atoms with Crippen molar-refractivity contribution in [1.29, 1.82) is 0 Å². The zero-order valence-electron chi connectivity index (χ0n) is 11.2. The van der Waals surface area contributed by atoms with E-state index >= 15 is 0 Å². The summed E-state index contributed by atoms with van der Waals surface area (Å²) in [6, 6.07) is 0. The van der Waals surface area contributed by atoms with Crippen LogP contribution >= 0.6 is 35.1 Å². The molecule has 1 rings (SSSR count). The maximum atomic E-state index is 3.56. The molecule has 0 saturated carbocycles. The molecule has 102 valence electrons. The average Bonchev–Trinajstić information content (AvgIpc) is 2.08. The normalized spacial score (nSPS) is 33.8. The smallest absolute Gasteiger partial charge is 0.0135 e. The van der Waals surface area contributed by atoms with E-state index in [4.69, 9.17) is 0 Å². The van der Waals surface area contributed by atoms with Gasteiger partial charge in [-0.15, -0.1) is 27.8 Å². The monoisotopic (exact) mass is 332 g/mol. The van der Waals surface area contributed by atoms with E-state index in [1.54, 1.807) is 0 Å². The zero-order valence-corrected chi connectivity index (χ0v) is 14.5. The molecule has 1 fully saturated rings. The molecule has 1 saturated heterocycles. The molecule has 0 spiro atoms. The Balaban J connectivity index is 0.00000225. The van der Waals surface area contributed by atoms with Crippen LogP contribution in [0.1, 0.15) is 6.42 Å². The van der Waals surface area contributed by atoms with Gasteiger partial charge in [0.15, 0.2) is 0 Å². The van der Waals surface area contributed by atoms with Crippen molar-refractivity contribution in [3.05, 3.63) is 0 Å². The topological polar surface area (TPSA) is 24.1 Å². The first-order chi connectivity index (χ1) is 6.71. The van der Waals surface area contributed by atoms with E-state index in [9.17, 15) is 0 Å². The summed E-state index contributed by atoms with van der Waals surface area (Å²) in [6.45, 7) is 4.65. The van der Waals surface area contributed by atoms with Crippen LogP contribution in [0.4, 0.5) is 0 Å². The lowest BCUT2D eigenvalue weighted by Crippen LogP contribution is -2.36. The third kappa shape index (κ3) is 7.43. The largest absolute Gasteiger partial charge is 0.316 e. The van der Waals surface area contributed by atoms with Crippen LogP contribution in [-0.2, 0) is 0 Å². The van der Waals surface area contributed by atoms with Crippen molar-refractivity contribution in [3.63, 3.8) is 0 Å². The molecule has 1 heterocycles. The molecule has 0 atom stereocenters. The summed E-state index contributed by atoms with van der Waals surface area (Å²) in [6.07, 6.45) is 11.3. The molecule has 0 aliphatic carbocycles. The van der Waals surface area contributed by atoms with Crippen LogP contribution < -0.4 is 10.6 Å². The van der Waals surface area contributed by atoms with E-state index < -0.39 is 7.33 Å². The van der Waals surface area contributed by atoms with Gasteiger partial charge in [-0.05, 0) is 50.3 Å². The molecule has 0 aromatic rings. The molecule has 0 radical (unpaired) electrons. The van der Waals surface area contributed by atoms with Gasteiger partial charge in [-0.2, -0.15) is 0 Å². The molecule has 1 aliphatic rings. The number of hydrogen-bond donors (Lipinski definition) is 2. The summed E-state index contributed by atoms with van der Waals surface area (Å²) in [4.78, 5) is 0. The van der Waals surface area contributed by atoms with Crippen LogP contribution in [0, 0.1) is 0 Å². The summed E-state index contributed by atoms with van der Waals surface area (Å²) in [5.74, 6) is 2.58. The Morgan fingerprint density at radius 3 is 2.06 bits per heavy atom. The molecule has 2 N–H and O–H groups in total. The van der Waals surface area contributed by atoms with Gasteiger partial charge in [-0.1, -0.05) is 0 Å². The van der Waals surface area contributed by atoms with Gasteiger partial charge < -0.3 is 10.6 Å². The van der Waals surface area contributed by atoms with Crippen molar-refractivity contribution in [2.75, 3.05) is 62.7 Å². The molecule has 0 bridgehead atoms. The van der Waals surface area contributed by atoms with Gasteiger partial charge in [0, 0.05) is 18.8 Å². The third-order valence-corrected chi connectivity index (χ3v) is 10.6. The minimum absolute atomic E-state index is 0. The predicted molar refractivity (Wildman–Crippen MR) is 89.3 cm³/mol. The zero-order chi connectivity index (χ0) is 11.5. The van der Waals surface area contributed by atoms with Crippen molar-refractivity contribution in [2.45, 2.75) is 6.42 Å². The van der Waals surface area contributed by atoms with E-state index in [2.05, 4.69) is 46.5 Å². The summed E-state index contributed by atoms with van der Waals surface area (Å²) in [5, 5.41) is 7.08. The third-order valence-electron chi connectivity index (χ3n) is 2.80. The Morgan fingerprint density at radius 1 is 0.875 bits per heavy atom. The fourth-order valence-corrected chi connectivity index (χ4v) is 7.06. The summed E-state index contributed by atoms with van der Waals surface area (Å²) < 4.78 is 0. The Morgan fingerprint density at radius 2 is 1.44 bits per heavy atom. The second-order valence-corrected chi connectivity index (χ2v) is 22.0. The molecular formula is C11H29BrN2S2. The van der Waals surface area contributed by atoms with Crippen LogP contribution in [0.5, 0.6) is 0 Å². The van der Waals surface area contributed by atoms with Gasteiger partial charge in [-0.3, -0.25) is 0 Å². The van der Waals surface area contributed by atoms with E-state index in [1.807, 2.05) is 0 Å². The van der Waals surface area contributed by atoms with E-state index in [1.165, 1.54) is 24.5 Å². The lowest BCUT2D eigenvalue weighted by Gasteiger charge is -2.68. The molecular weight excluding hydrogens is 304 g/mol. The second-order valence-electron chi connectivity index (χ2n) is 6.77. The Labute approximate surface area is 115 Å². The Hall–Kier alpha value is 1.10. The summed E-state index contributed by atoms with van der Waals surface area (Å²) in [7, 11) is 0.369. The summed E-state index contributed by atoms with van der Waals surface area (Å²) >= 11 is 0. The first kappa shape index (κ1) is 17.1. The number of hydrogen-bond acceptors (Lipinski definition) is 3. The first-order valence-corrected chi connectivity index (χ1v) is 11.5. The van der Waals surface area contributed by atoms with Gasteiger partial charge in [0.05, 0.1) is 0 Å². The van der Waals surface area contributed by atoms with Crippen molar-refractivity contribution < 1.29 is 0 Å². The SMILES string of the molecule is Br.CS1(C)(C)(C)CCNCCCNCCS1. The Kier molecular flexibility index (Phi) is 5.76. The van der Waals surface area contributed by atoms with Crippen molar-refractivity contribution >= 4 is 35.1 Å². The highest BCUT2D eigenvalue weighted by Gasteiger charge is 2.42. The average molecular weight is 333 g/mol. The van der Waals surface area contributed by atoms with Crippen molar-refractivity contribution in [3.8, 4) is 0 Å². The molecule has 1 aliphatic heterocycles. The van der Waals surface area contributed by atoms with E-state index in [0.717, 1.165) is 19.6 Å². The Bertz CT molecular complexity index is 205. The van der Waals surface area contributed by atoms with Gasteiger partial charge >= 0.3 is 0 Å². The fraction of sp³-hybridized carbons (Fsp3) is 1.00. The van der Waals surface area contributed by atoms with E-state index in [-0.39, 0.29) is 17.0 Å². The fourth-order valence-electron chi connectivity index (χ4n) is 1.68. The van der Waals surface area contributed by atoms with E-state index in [0.29, 0.717) is 0 Å². The van der Waals surface area contributed by atoms with Crippen LogP contribution in [0.3, 0.4) is 0 Å². The molecule has 16 heavy (non-hydrogen) atoms. The minimum Gasteiger partial charge on any atom is -0.316 e. The van der Waals surface area contributed by atoms with Crippen molar-refractivity contribution in [2.24, 2.45) is 0 Å². The molecule has 0 aromatic heterocycles. The number of rotatable bonds is 0. The van der Waals surface area contributed by atoms with Gasteiger partial charge in [0.25, 0.3) is 0 Å². The highest BCUT2D eigenvalue weighted by molar-refractivity contribution is 9.12. The van der Waals surface area contributed by atoms with Gasteiger partial charge in [-0.25, -0.2) is 7.33 Å². The van der Waals surface area contributed by atoms with Gasteiger partial charge in [0.1, 0.15) is 0 Å². The number of halogens is 1. The molecule has 2 nitrogen and oxygen atoms in total. The highest BCUT2D eigenvalue weighted by Crippen LogP contribution is 2.87. The highest BCUT2D eigenvalue weighted by atomic mass is 79.9. The maximum Gasteiger partial charge on any atom is 0.0135 e.